The molecule has 0 radical (unpaired) electrons. The molecule has 0 aromatic heterocycles. The van der Waals surface area contributed by atoms with Crippen LogP contribution in [-0.2, 0) is 11.3 Å². The standard InChI is InChI=1S/C30H31F4N5O/c1-18-4-2-6-21(12-18)28(37-17-19-8-9-19)22-10-11-24(31)25(14-22)39-29(40)26(15-27(36)30(32,33)34)38-23-7-3-5-20(13-23)16-35/h2-7,10-15,19,28,37H,8-9,16-17,35-36H2,1H3,(H,39,40)/b27-15-,38-26?. The molecule has 6 nitrogen and oxygen atoms in total. The van der Waals surface area contributed by atoms with Crippen molar-refractivity contribution >= 4 is 23.0 Å². The van der Waals surface area contributed by atoms with Crippen molar-refractivity contribution in [2.75, 3.05) is 11.9 Å². The molecule has 1 atom stereocenters. The van der Waals surface area contributed by atoms with E-state index in [9.17, 15) is 22.4 Å². The Morgan fingerprint density at radius 3 is 2.48 bits per heavy atom. The molecule has 3 aromatic rings. The molecule has 210 valence electrons. The molecule has 1 saturated carbocycles. The Kier molecular flexibility index (Phi) is 9.01. The van der Waals surface area contributed by atoms with E-state index in [1.165, 1.54) is 24.3 Å². The monoisotopic (exact) mass is 553 g/mol. The van der Waals surface area contributed by atoms with Crippen molar-refractivity contribution in [1.29, 1.82) is 0 Å². The minimum absolute atomic E-state index is 0.167. The maximum Gasteiger partial charge on any atom is 0.430 e. The highest BCUT2D eigenvalue weighted by Gasteiger charge is 2.32. The Balaban J connectivity index is 1.68. The number of rotatable bonds is 10. The summed E-state index contributed by atoms with van der Waals surface area (Å²) in [6, 6.07) is 18.3. The van der Waals surface area contributed by atoms with E-state index >= 15 is 0 Å². The van der Waals surface area contributed by atoms with Crippen molar-refractivity contribution in [2.45, 2.75) is 38.5 Å². The fourth-order valence-corrected chi connectivity index (χ4v) is 4.16. The first kappa shape index (κ1) is 29.0. The lowest BCUT2D eigenvalue weighted by atomic mass is 9.96. The van der Waals surface area contributed by atoms with E-state index in [4.69, 9.17) is 11.5 Å². The average Bonchev–Trinajstić information content (AvgIpc) is 3.74. The Hall–Kier alpha value is -4.02. The van der Waals surface area contributed by atoms with Gasteiger partial charge in [-0.3, -0.25) is 4.79 Å². The van der Waals surface area contributed by atoms with Crippen molar-refractivity contribution < 1.29 is 22.4 Å². The molecule has 6 N–H and O–H groups in total. The molecule has 1 unspecified atom stereocenters. The van der Waals surface area contributed by atoms with Gasteiger partial charge in [-0.15, -0.1) is 0 Å². The third-order valence-corrected chi connectivity index (χ3v) is 6.50. The minimum Gasteiger partial charge on any atom is -0.395 e. The number of benzene rings is 3. The van der Waals surface area contributed by atoms with Gasteiger partial charge in [0.2, 0.25) is 0 Å². The number of hydrogen-bond donors (Lipinski definition) is 4. The molecule has 0 bridgehead atoms. The van der Waals surface area contributed by atoms with Gasteiger partial charge in [0.15, 0.2) is 0 Å². The molecule has 1 aliphatic rings. The highest BCUT2D eigenvalue weighted by atomic mass is 19.4. The first-order valence-corrected chi connectivity index (χ1v) is 12.9. The lowest BCUT2D eigenvalue weighted by Crippen LogP contribution is -2.27. The van der Waals surface area contributed by atoms with Crippen molar-refractivity contribution in [1.82, 2.24) is 5.32 Å². The number of carbonyl (C=O) groups is 1. The molecular weight excluding hydrogens is 522 g/mol. The summed E-state index contributed by atoms with van der Waals surface area (Å²) in [4.78, 5) is 17.3. The minimum atomic E-state index is -4.89. The zero-order valence-electron chi connectivity index (χ0n) is 21.9. The lowest BCUT2D eigenvalue weighted by molar-refractivity contribution is -0.110. The SMILES string of the molecule is Cc1cccc(C(NCC2CC2)c2ccc(F)c(NC(=O)C(/C=C(\N)C(F)(F)F)=Nc3cccc(CN)c3)c2)c1. The van der Waals surface area contributed by atoms with Crippen LogP contribution < -0.4 is 22.1 Å². The second-order valence-corrected chi connectivity index (χ2v) is 9.86. The first-order valence-electron chi connectivity index (χ1n) is 12.9. The molecule has 1 fully saturated rings. The fourth-order valence-electron chi connectivity index (χ4n) is 4.16. The topological polar surface area (TPSA) is 106 Å². The predicted molar refractivity (Wildman–Crippen MR) is 149 cm³/mol. The lowest BCUT2D eigenvalue weighted by Gasteiger charge is -2.21. The third kappa shape index (κ3) is 7.77. The maximum absolute atomic E-state index is 14.9. The third-order valence-electron chi connectivity index (χ3n) is 6.50. The second-order valence-electron chi connectivity index (χ2n) is 9.86. The van der Waals surface area contributed by atoms with Gasteiger partial charge in [0, 0.05) is 6.54 Å². The summed E-state index contributed by atoms with van der Waals surface area (Å²) in [5.41, 5.74) is 12.0. The summed E-state index contributed by atoms with van der Waals surface area (Å²) in [5.74, 6) is -1.23. The molecular formula is C30H31F4N5O. The molecule has 3 aromatic carbocycles. The number of aryl methyl sites for hydroxylation is 1. The Morgan fingerprint density at radius 1 is 1.07 bits per heavy atom. The van der Waals surface area contributed by atoms with Crippen LogP contribution in [0.15, 0.2) is 83.5 Å². The van der Waals surface area contributed by atoms with E-state index < -0.39 is 29.3 Å². The normalized spacial score (nSPS) is 15.2. The van der Waals surface area contributed by atoms with Gasteiger partial charge in [0.25, 0.3) is 5.91 Å². The summed E-state index contributed by atoms with van der Waals surface area (Å²) in [6.07, 6.45) is -2.18. The van der Waals surface area contributed by atoms with Gasteiger partial charge < -0.3 is 22.1 Å². The Labute approximate surface area is 230 Å². The summed E-state index contributed by atoms with van der Waals surface area (Å²) < 4.78 is 54.6. The molecule has 40 heavy (non-hydrogen) atoms. The number of aliphatic imine (C=N–C) groups is 1. The second kappa shape index (κ2) is 12.4. The Bertz CT molecular complexity index is 1430. The van der Waals surface area contributed by atoms with E-state index in [-0.39, 0.29) is 24.0 Å². The smallest absolute Gasteiger partial charge is 0.395 e. The van der Waals surface area contributed by atoms with Crippen LogP contribution in [0.25, 0.3) is 0 Å². The van der Waals surface area contributed by atoms with Gasteiger partial charge >= 0.3 is 6.18 Å². The van der Waals surface area contributed by atoms with Crippen LogP contribution in [0, 0.1) is 18.7 Å². The molecule has 0 aliphatic heterocycles. The van der Waals surface area contributed by atoms with E-state index in [1.807, 2.05) is 31.2 Å². The van der Waals surface area contributed by atoms with Gasteiger partial charge in [-0.2, -0.15) is 13.2 Å². The summed E-state index contributed by atoms with van der Waals surface area (Å²) >= 11 is 0. The number of anilines is 1. The van der Waals surface area contributed by atoms with Crippen LogP contribution in [0.4, 0.5) is 28.9 Å². The van der Waals surface area contributed by atoms with Crippen molar-refractivity contribution in [3.63, 3.8) is 0 Å². The number of nitrogens with one attached hydrogen (secondary N) is 2. The van der Waals surface area contributed by atoms with E-state index in [1.54, 1.807) is 18.2 Å². The molecule has 10 heteroatoms. The van der Waals surface area contributed by atoms with Gasteiger partial charge in [0.1, 0.15) is 17.2 Å². The van der Waals surface area contributed by atoms with Crippen molar-refractivity contribution in [2.24, 2.45) is 22.4 Å². The summed E-state index contributed by atoms with van der Waals surface area (Å²) in [6.45, 7) is 2.92. The van der Waals surface area contributed by atoms with Crippen LogP contribution in [-0.4, -0.2) is 24.3 Å². The number of alkyl halides is 3. The number of allylic oxidation sites excluding steroid dienone is 1. The molecule has 1 amide bonds. The zero-order valence-corrected chi connectivity index (χ0v) is 21.9. The first-order chi connectivity index (χ1) is 19.0. The summed E-state index contributed by atoms with van der Waals surface area (Å²) in [5, 5.41) is 5.92. The molecule has 0 saturated heterocycles. The maximum atomic E-state index is 14.9. The number of amides is 1. The van der Waals surface area contributed by atoms with E-state index in [2.05, 4.69) is 15.6 Å². The quantitative estimate of drug-likeness (QED) is 0.188. The van der Waals surface area contributed by atoms with Crippen molar-refractivity contribution in [3.05, 3.63) is 107 Å². The zero-order chi connectivity index (χ0) is 28.9. The van der Waals surface area contributed by atoms with Crippen LogP contribution in [0.1, 0.15) is 41.1 Å². The van der Waals surface area contributed by atoms with Crippen LogP contribution in [0.3, 0.4) is 0 Å². The largest absolute Gasteiger partial charge is 0.430 e. The van der Waals surface area contributed by atoms with Gasteiger partial charge in [0.05, 0.1) is 17.4 Å². The van der Waals surface area contributed by atoms with Gasteiger partial charge in [-0.1, -0.05) is 48.0 Å². The van der Waals surface area contributed by atoms with Crippen LogP contribution in [0.5, 0.6) is 0 Å². The predicted octanol–water partition coefficient (Wildman–Crippen LogP) is 5.80. The summed E-state index contributed by atoms with van der Waals surface area (Å²) in [7, 11) is 0. The highest BCUT2D eigenvalue weighted by molar-refractivity contribution is 6.47. The van der Waals surface area contributed by atoms with Crippen molar-refractivity contribution in [3.8, 4) is 0 Å². The van der Waals surface area contributed by atoms with Gasteiger partial charge in [-0.05, 0) is 79.3 Å². The van der Waals surface area contributed by atoms with Gasteiger partial charge in [-0.25, -0.2) is 9.38 Å². The van der Waals surface area contributed by atoms with Crippen LogP contribution in [0.2, 0.25) is 0 Å². The fraction of sp³-hybridized carbons (Fsp3) is 0.267. The number of nitrogens with two attached hydrogens (primary N) is 2. The highest BCUT2D eigenvalue weighted by Crippen LogP contribution is 2.31. The van der Waals surface area contributed by atoms with E-state index in [0.29, 0.717) is 23.1 Å². The number of hydrogen-bond acceptors (Lipinski definition) is 5. The van der Waals surface area contributed by atoms with E-state index in [0.717, 1.165) is 30.5 Å². The molecule has 0 heterocycles. The number of halogens is 4. The number of carbonyl (C=O) groups excluding carboxylic acids is 1. The molecule has 0 spiro atoms. The molecule has 1 aliphatic carbocycles. The number of nitrogens with zero attached hydrogens (tertiary/aromatic N) is 1. The Morgan fingerprint density at radius 2 is 1.80 bits per heavy atom. The molecule has 4 rings (SSSR count). The average molecular weight is 554 g/mol. The van der Waals surface area contributed by atoms with Crippen LogP contribution >= 0.6 is 0 Å².